The van der Waals surface area contributed by atoms with Crippen molar-refractivity contribution in [3.05, 3.63) is 210 Å². The first kappa shape index (κ1) is 27.4. The van der Waals surface area contributed by atoms with E-state index >= 15 is 0 Å². The Morgan fingerprint density at radius 1 is 0.370 bits per heavy atom. The molecule has 0 spiro atoms. The Labute approximate surface area is 269 Å². The van der Waals surface area contributed by atoms with E-state index in [9.17, 15) is 0 Å². The van der Waals surface area contributed by atoms with Gasteiger partial charge in [-0.1, -0.05) is 146 Å². The Morgan fingerprint density at radius 3 is 1.52 bits per heavy atom. The third-order valence-electron chi connectivity index (χ3n) is 8.49. The zero-order chi connectivity index (χ0) is 30.7. The van der Waals surface area contributed by atoms with Crippen molar-refractivity contribution < 1.29 is 4.42 Å². The summed E-state index contributed by atoms with van der Waals surface area (Å²) < 4.78 is 6.38. The van der Waals surface area contributed by atoms with Crippen LogP contribution in [0.25, 0.3) is 33.1 Å². The van der Waals surface area contributed by atoms with Gasteiger partial charge in [0, 0.05) is 33.8 Å². The highest BCUT2D eigenvalue weighted by molar-refractivity contribution is 6.09. The molecule has 0 atom stereocenters. The van der Waals surface area contributed by atoms with E-state index in [0.29, 0.717) is 0 Å². The molecule has 0 N–H and O–H groups in total. The maximum Gasteiger partial charge on any atom is 0.137 e. The number of anilines is 3. The van der Waals surface area contributed by atoms with E-state index in [-0.39, 0.29) is 0 Å². The predicted octanol–water partition coefficient (Wildman–Crippen LogP) is 12.1. The molecule has 0 saturated carbocycles. The lowest BCUT2D eigenvalue weighted by Crippen LogP contribution is -2.12. The van der Waals surface area contributed by atoms with Crippen LogP contribution in [0.15, 0.2) is 192 Å². The number of hydrogen-bond donors (Lipinski definition) is 0. The molecule has 1 aromatic heterocycles. The molecule has 7 aromatic carbocycles. The number of furan rings is 1. The maximum atomic E-state index is 6.38. The van der Waals surface area contributed by atoms with Crippen LogP contribution in [-0.2, 0) is 0 Å². The second kappa shape index (κ2) is 12.1. The third-order valence-corrected chi connectivity index (χ3v) is 8.49. The minimum absolute atomic E-state index is 0.866. The van der Waals surface area contributed by atoms with Crippen LogP contribution in [0.2, 0.25) is 0 Å². The summed E-state index contributed by atoms with van der Waals surface area (Å²) in [5, 5.41) is 2.24. The average molecular weight is 590 g/mol. The maximum absolute atomic E-state index is 6.38. The minimum atomic E-state index is 0.866. The van der Waals surface area contributed by atoms with Gasteiger partial charge in [0.2, 0.25) is 0 Å². The molecule has 0 saturated heterocycles. The van der Waals surface area contributed by atoms with Gasteiger partial charge in [-0.3, -0.25) is 0 Å². The summed E-state index contributed by atoms with van der Waals surface area (Å²) >= 11 is 0. The van der Waals surface area contributed by atoms with Crippen molar-refractivity contribution in [3.63, 3.8) is 0 Å². The molecular weight excluding hydrogens is 558 g/mol. The normalized spacial score (nSPS) is 11.0. The van der Waals surface area contributed by atoms with E-state index in [1.165, 1.54) is 11.1 Å². The molecule has 0 aliphatic heterocycles. The second-order valence-corrected chi connectivity index (χ2v) is 11.3. The Balaban J connectivity index is 1.44. The standard InChI is InChI=1S/C44H31NO/c1-5-17-32(18-6-1)43(33-19-7-2-8-20-33)44(34-21-9-3-10-22-34)39-26-13-15-27-40(39)45(35-23-11-4-12-24-35)36-29-30-38-37-25-14-16-28-41(37)46-42(38)31-36/h1-31H. The van der Waals surface area contributed by atoms with Crippen molar-refractivity contribution >= 4 is 50.1 Å². The van der Waals surface area contributed by atoms with Gasteiger partial charge in [-0.15, -0.1) is 0 Å². The summed E-state index contributed by atoms with van der Waals surface area (Å²) in [6.45, 7) is 0. The smallest absolute Gasteiger partial charge is 0.137 e. The molecular formula is C44H31NO. The molecule has 2 heteroatoms. The molecule has 8 aromatic rings. The highest BCUT2D eigenvalue weighted by Gasteiger charge is 2.23. The summed E-state index contributed by atoms with van der Waals surface area (Å²) in [7, 11) is 0. The highest BCUT2D eigenvalue weighted by atomic mass is 16.3. The predicted molar refractivity (Wildman–Crippen MR) is 193 cm³/mol. The quantitative estimate of drug-likeness (QED) is 0.172. The molecule has 8 rings (SSSR count). The van der Waals surface area contributed by atoms with Gasteiger partial charge in [0.25, 0.3) is 0 Å². The zero-order valence-electron chi connectivity index (χ0n) is 25.3. The van der Waals surface area contributed by atoms with E-state index < -0.39 is 0 Å². The molecule has 1 heterocycles. The molecule has 0 amide bonds. The van der Waals surface area contributed by atoms with Crippen molar-refractivity contribution in [3.8, 4) is 0 Å². The number of fused-ring (bicyclic) bond motifs is 3. The highest BCUT2D eigenvalue weighted by Crippen LogP contribution is 2.45. The second-order valence-electron chi connectivity index (χ2n) is 11.3. The molecule has 0 aliphatic carbocycles. The minimum Gasteiger partial charge on any atom is -0.456 e. The van der Waals surface area contributed by atoms with Gasteiger partial charge < -0.3 is 9.32 Å². The van der Waals surface area contributed by atoms with E-state index in [1.54, 1.807) is 0 Å². The average Bonchev–Trinajstić information content (AvgIpc) is 3.51. The van der Waals surface area contributed by atoms with Crippen LogP contribution in [0.4, 0.5) is 17.1 Å². The van der Waals surface area contributed by atoms with E-state index in [2.05, 4.69) is 181 Å². The lowest BCUT2D eigenvalue weighted by atomic mass is 9.85. The van der Waals surface area contributed by atoms with Gasteiger partial charge in [-0.2, -0.15) is 0 Å². The molecule has 0 unspecified atom stereocenters. The SMILES string of the molecule is c1ccc(C(=C(c2ccccc2)c2ccccc2N(c2ccccc2)c2ccc3c(c2)oc2ccccc23)c2ccccc2)cc1. The molecule has 2 nitrogen and oxygen atoms in total. The van der Waals surface area contributed by atoms with Crippen LogP contribution >= 0.6 is 0 Å². The van der Waals surface area contributed by atoms with E-state index in [1.807, 2.05) is 12.1 Å². The van der Waals surface area contributed by atoms with Crippen LogP contribution in [0, 0.1) is 0 Å². The van der Waals surface area contributed by atoms with Gasteiger partial charge in [0.1, 0.15) is 11.2 Å². The lowest BCUT2D eigenvalue weighted by Gasteiger charge is -2.29. The Hall–Kier alpha value is -6.12. The third kappa shape index (κ3) is 5.06. The first-order valence-electron chi connectivity index (χ1n) is 15.6. The summed E-state index contributed by atoms with van der Waals surface area (Å²) in [5.41, 5.74) is 11.9. The van der Waals surface area contributed by atoms with Crippen molar-refractivity contribution in [2.75, 3.05) is 4.90 Å². The molecule has 0 fully saturated rings. The fraction of sp³-hybridized carbons (Fsp3) is 0. The first-order valence-corrected chi connectivity index (χ1v) is 15.6. The van der Waals surface area contributed by atoms with Crippen molar-refractivity contribution in [2.45, 2.75) is 0 Å². The van der Waals surface area contributed by atoms with Crippen LogP contribution in [0.1, 0.15) is 22.3 Å². The Kier molecular flexibility index (Phi) is 7.22. The number of benzene rings is 7. The van der Waals surface area contributed by atoms with Crippen molar-refractivity contribution in [2.24, 2.45) is 0 Å². The lowest BCUT2D eigenvalue weighted by molar-refractivity contribution is 0.669. The van der Waals surface area contributed by atoms with Gasteiger partial charge in [-0.25, -0.2) is 0 Å². The fourth-order valence-corrected chi connectivity index (χ4v) is 6.44. The number of hydrogen-bond acceptors (Lipinski definition) is 2. The number of rotatable bonds is 7. The van der Waals surface area contributed by atoms with Crippen LogP contribution in [-0.4, -0.2) is 0 Å². The van der Waals surface area contributed by atoms with E-state index in [0.717, 1.165) is 61.3 Å². The van der Waals surface area contributed by atoms with E-state index in [4.69, 9.17) is 4.42 Å². The summed E-state index contributed by atoms with van der Waals surface area (Å²) in [6.07, 6.45) is 0. The van der Waals surface area contributed by atoms with Crippen LogP contribution in [0.5, 0.6) is 0 Å². The molecule has 0 radical (unpaired) electrons. The zero-order valence-corrected chi connectivity index (χ0v) is 25.3. The van der Waals surface area contributed by atoms with Crippen LogP contribution in [0.3, 0.4) is 0 Å². The first-order chi connectivity index (χ1) is 22.8. The van der Waals surface area contributed by atoms with Gasteiger partial charge >= 0.3 is 0 Å². The fourth-order valence-electron chi connectivity index (χ4n) is 6.44. The summed E-state index contributed by atoms with van der Waals surface area (Å²) in [6, 6.07) is 66.3. The largest absolute Gasteiger partial charge is 0.456 e. The topological polar surface area (TPSA) is 16.4 Å². The van der Waals surface area contributed by atoms with Gasteiger partial charge in [0.15, 0.2) is 0 Å². The summed E-state index contributed by atoms with van der Waals surface area (Å²) in [4.78, 5) is 2.35. The Morgan fingerprint density at radius 2 is 0.870 bits per heavy atom. The van der Waals surface area contributed by atoms with Crippen molar-refractivity contribution in [1.29, 1.82) is 0 Å². The number of nitrogens with zero attached hydrogens (tertiary/aromatic N) is 1. The molecule has 0 bridgehead atoms. The molecule has 218 valence electrons. The monoisotopic (exact) mass is 589 g/mol. The van der Waals surface area contributed by atoms with Gasteiger partial charge in [-0.05, 0) is 64.2 Å². The summed E-state index contributed by atoms with van der Waals surface area (Å²) in [5.74, 6) is 0. The Bertz CT molecular complexity index is 2240. The van der Waals surface area contributed by atoms with Crippen LogP contribution < -0.4 is 4.90 Å². The molecule has 0 aliphatic rings. The van der Waals surface area contributed by atoms with Crippen molar-refractivity contribution in [1.82, 2.24) is 0 Å². The molecule has 46 heavy (non-hydrogen) atoms. The number of para-hydroxylation sites is 3. The van der Waals surface area contributed by atoms with Gasteiger partial charge in [0.05, 0.1) is 5.69 Å².